The molecule has 14 heavy (non-hydrogen) atoms. The van der Waals surface area contributed by atoms with Gasteiger partial charge in [-0.3, -0.25) is 4.90 Å². The summed E-state index contributed by atoms with van der Waals surface area (Å²) < 4.78 is 28.6. The second-order valence-corrected chi connectivity index (χ2v) is 6.00. The molecule has 1 nitrogen and oxygen atoms in total. The predicted molar refractivity (Wildman–Crippen MR) is 50.7 cm³/mol. The highest BCUT2D eigenvalue weighted by molar-refractivity contribution is 5.18. The van der Waals surface area contributed by atoms with Crippen LogP contribution in [-0.4, -0.2) is 34.9 Å². The standard InChI is InChI=1S/C11H17F2N/c1-9-5-10(12)3-8(14(9)2)4-11(13,6-9)7-10/h8H,3-7H2,1-2H3. The topological polar surface area (TPSA) is 3.24 Å². The third kappa shape index (κ3) is 0.967. The van der Waals surface area contributed by atoms with E-state index in [1.165, 1.54) is 0 Å². The van der Waals surface area contributed by atoms with E-state index in [0.717, 1.165) is 0 Å². The second kappa shape index (κ2) is 2.16. The Labute approximate surface area is 83.5 Å². The molecule has 4 rings (SSSR count). The fourth-order valence-electron chi connectivity index (χ4n) is 4.29. The Balaban J connectivity index is 2.06. The fraction of sp³-hybridized carbons (Fsp3) is 1.00. The van der Waals surface area contributed by atoms with Gasteiger partial charge in [0.25, 0.3) is 0 Å². The molecule has 4 bridgehead atoms. The molecule has 0 aromatic carbocycles. The minimum Gasteiger partial charge on any atom is -0.298 e. The zero-order valence-electron chi connectivity index (χ0n) is 8.82. The summed E-state index contributed by atoms with van der Waals surface area (Å²) in [5.74, 6) is 0. The molecule has 2 heterocycles. The van der Waals surface area contributed by atoms with Crippen LogP contribution in [0.15, 0.2) is 0 Å². The first-order chi connectivity index (χ1) is 6.34. The van der Waals surface area contributed by atoms with Crippen LogP contribution in [0.2, 0.25) is 0 Å². The van der Waals surface area contributed by atoms with Crippen molar-refractivity contribution < 1.29 is 8.78 Å². The number of hydrogen-bond donors (Lipinski definition) is 0. The number of nitrogens with zero attached hydrogens (tertiary/aromatic N) is 1. The van der Waals surface area contributed by atoms with Crippen LogP contribution in [0, 0.1) is 0 Å². The number of hydrogen-bond acceptors (Lipinski definition) is 1. The fourth-order valence-corrected chi connectivity index (χ4v) is 4.29. The summed E-state index contributed by atoms with van der Waals surface area (Å²) in [6, 6.07) is 0.131. The molecule has 0 N–H and O–H groups in total. The Hall–Kier alpha value is -0.180. The van der Waals surface area contributed by atoms with Gasteiger partial charge >= 0.3 is 0 Å². The van der Waals surface area contributed by atoms with E-state index in [1.54, 1.807) is 0 Å². The number of alkyl halides is 2. The molecule has 2 saturated heterocycles. The maximum absolute atomic E-state index is 14.3. The molecule has 4 fully saturated rings. The summed E-state index contributed by atoms with van der Waals surface area (Å²) >= 11 is 0. The van der Waals surface area contributed by atoms with Crippen LogP contribution in [0.3, 0.4) is 0 Å². The first-order valence-electron chi connectivity index (χ1n) is 5.45. The lowest BCUT2D eigenvalue weighted by atomic mass is 9.56. The van der Waals surface area contributed by atoms with Crippen LogP contribution >= 0.6 is 0 Å². The van der Waals surface area contributed by atoms with Crippen molar-refractivity contribution in [2.75, 3.05) is 7.05 Å². The summed E-state index contributed by atoms with van der Waals surface area (Å²) in [5.41, 5.74) is -2.66. The molecule has 0 radical (unpaired) electrons. The van der Waals surface area contributed by atoms with Crippen molar-refractivity contribution in [3.8, 4) is 0 Å². The van der Waals surface area contributed by atoms with Crippen molar-refractivity contribution in [3.63, 3.8) is 0 Å². The molecule has 0 aromatic rings. The molecule has 4 aliphatic rings. The van der Waals surface area contributed by atoms with Gasteiger partial charge in [-0.1, -0.05) is 0 Å². The third-order valence-electron chi connectivity index (χ3n) is 4.63. The lowest BCUT2D eigenvalue weighted by molar-refractivity contribution is -0.195. The van der Waals surface area contributed by atoms with Crippen LogP contribution in [-0.2, 0) is 0 Å². The first-order valence-corrected chi connectivity index (χ1v) is 5.45. The van der Waals surface area contributed by atoms with Gasteiger partial charge in [-0.2, -0.15) is 0 Å². The number of piperidine rings is 2. The number of rotatable bonds is 0. The molecule has 80 valence electrons. The lowest BCUT2D eigenvalue weighted by Crippen LogP contribution is -2.71. The van der Waals surface area contributed by atoms with Crippen LogP contribution in [0.5, 0.6) is 0 Å². The van der Waals surface area contributed by atoms with E-state index in [2.05, 4.69) is 4.90 Å². The van der Waals surface area contributed by atoms with Crippen LogP contribution < -0.4 is 0 Å². The molecule has 2 saturated carbocycles. The van der Waals surface area contributed by atoms with Gasteiger partial charge in [-0.15, -0.1) is 0 Å². The monoisotopic (exact) mass is 201 g/mol. The second-order valence-electron chi connectivity index (χ2n) is 6.00. The summed E-state index contributed by atoms with van der Waals surface area (Å²) in [4.78, 5) is 2.21. The molecule has 0 spiro atoms. The Morgan fingerprint density at radius 2 is 1.57 bits per heavy atom. The summed E-state index contributed by atoms with van der Waals surface area (Å²) in [5, 5.41) is 0. The van der Waals surface area contributed by atoms with Crippen molar-refractivity contribution >= 4 is 0 Å². The molecule has 3 heteroatoms. The van der Waals surface area contributed by atoms with Gasteiger partial charge in [0.1, 0.15) is 11.3 Å². The summed E-state index contributed by atoms with van der Waals surface area (Å²) in [6.07, 6.45) is 2.30. The zero-order chi connectivity index (χ0) is 10.2. The van der Waals surface area contributed by atoms with Crippen LogP contribution in [0.4, 0.5) is 8.78 Å². The number of halogens is 2. The van der Waals surface area contributed by atoms with Gasteiger partial charge in [0, 0.05) is 18.0 Å². The van der Waals surface area contributed by atoms with Gasteiger partial charge in [0.15, 0.2) is 0 Å². The highest BCUT2D eigenvalue weighted by atomic mass is 19.2. The van der Waals surface area contributed by atoms with Crippen molar-refractivity contribution in [2.24, 2.45) is 0 Å². The van der Waals surface area contributed by atoms with Crippen molar-refractivity contribution in [2.45, 2.75) is 61.9 Å². The van der Waals surface area contributed by atoms with E-state index in [0.29, 0.717) is 25.7 Å². The van der Waals surface area contributed by atoms with Gasteiger partial charge in [-0.25, -0.2) is 8.78 Å². The van der Waals surface area contributed by atoms with E-state index in [4.69, 9.17) is 0 Å². The SMILES string of the molecule is CN1C2CC3(F)CC(F)(C2)CC1(C)C3. The van der Waals surface area contributed by atoms with Crippen molar-refractivity contribution in [1.82, 2.24) is 4.90 Å². The minimum atomic E-state index is -1.21. The van der Waals surface area contributed by atoms with Gasteiger partial charge in [0.2, 0.25) is 0 Å². The molecule has 0 amide bonds. The molecule has 2 aliphatic heterocycles. The molecule has 2 aliphatic carbocycles. The van der Waals surface area contributed by atoms with E-state index in [1.807, 2.05) is 14.0 Å². The van der Waals surface area contributed by atoms with E-state index in [-0.39, 0.29) is 18.0 Å². The molecular formula is C11H17F2N. The molecule has 0 aromatic heterocycles. The van der Waals surface area contributed by atoms with E-state index in [9.17, 15) is 8.78 Å². The van der Waals surface area contributed by atoms with Crippen molar-refractivity contribution in [1.29, 1.82) is 0 Å². The van der Waals surface area contributed by atoms with Crippen LogP contribution in [0.25, 0.3) is 0 Å². The van der Waals surface area contributed by atoms with Gasteiger partial charge in [-0.05, 0) is 39.7 Å². The largest absolute Gasteiger partial charge is 0.298 e. The Kier molecular flexibility index (Phi) is 1.40. The van der Waals surface area contributed by atoms with Crippen LogP contribution in [0.1, 0.15) is 39.0 Å². The van der Waals surface area contributed by atoms with E-state index >= 15 is 0 Å². The molecule has 2 unspecified atom stereocenters. The van der Waals surface area contributed by atoms with E-state index < -0.39 is 11.3 Å². The Morgan fingerprint density at radius 1 is 1.07 bits per heavy atom. The summed E-state index contributed by atoms with van der Waals surface area (Å²) in [6.45, 7) is 2.01. The Bertz CT molecular complexity index is 273. The van der Waals surface area contributed by atoms with Crippen molar-refractivity contribution in [3.05, 3.63) is 0 Å². The molecular weight excluding hydrogens is 184 g/mol. The maximum Gasteiger partial charge on any atom is 0.117 e. The quantitative estimate of drug-likeness (QED) is 0.582. The third-order valence-corrected chi connectivity index (χ3v) is 4.63. The first kappa shape index (κ1) is 9.08. The predicted octanol–water partition coefficient (Wildman–Crippen LogP) is 2.45. The maximum atomic E-state index is 14.3. The summed E-state index contributed by atoms with van der Waals surface area (Å²) in [7, 11) is 2.02. The van der Waals surface area contributed by atoms with Gasteiger partial charge in [0.05, 0.1) is 0 Å². The van der Waals surface area contributed by atoms with Gasteiger partial charge < -0.3 is 0 Å². The average Bonchev–Trinajstić information content (AvgIpc) is 1.94. The normalized spacial score (nSPS) is 62.1. The highest BCUT2D eigenvalue weighted by Crippen LogP contribution is 2.60. The highest BCUT2D eigenvalue weighted by Gasteiger charge is 2.65. The lowest BCUT2D eigenvalue weighted by Gasteiger charge is -2.64. The zero-order valence-corrected chi connectivity index (χ0v) is 8.82. The Morgan fingerprint density at radius 3 is 2.00 bits per heavy atom. The molecule has 2 atom stereocenters. The minimum absolute atomic E-state index is 0.131. The smallest absolute Gasteiger partial charge is 0.117 e. The average molecular weight is 201 g/mol.